The molecule has 0 amide bonds. The van der Waals surface area contributed by atoms with Crippen LogP contribution in [0.5, 0.6) is 0 Å². The van der Waals surface area contributed by atoms with E-state index >= 15 is 0 Å². The summed E-state index contributed by atoms with van der Waals surface area (Å²) in [6.07, 6.45) is 0.408. The molecule has 106 valence electrons. The standard InChI is InChI=1S/C15H18BrN3O/c1-10-8-19(9-12(7-16)20-10)15-11(2)17-13-5-3-4-6-14(13)18-15/h3-6,10,12H,7-9H2,1-2H3. The van der Waals surface area contributed by atoms with E-state index in [1.165, 1.54) is 0 Å². The second kappa shape index (κ2) is 5.66. The Hall–Kier alpha value is -1.20. The molecule has 0 bridgehead atoms. The van der Waals surface area contributed by atoms with Crippen LogP contribution in [0.2, 0.25) is 0 Å². The van der Waals surface area contributed by atoms with Crippen molar-refractivity contribution < 1.29 is 4.74 Å². The van der Waals surface area contributed by atoms with Gasteiger partial charge in [-0.25, -0.2) is 9.97 Å². The predicted molar refractivity (Wildman–Crippen MR) is 84.6 cm³/mol. The maximum Gasteiger partial charge on any atom is 0.150 e. The molecule has 0 N–H and O–H groups in total. The van der Waals surface area contributed by atoms with Crippen LogP contribution in [0, 0.1) is 6.92 Å². The Labute approximate surface area is 127 Å². The van der Waals surface area contributed by atoms with Gasteiger partial charge in [-0.1, -0.05) is 28.1 Å². The number of hydrogen-bond donors (Lipinski definition) is 0. The van der Waals surface area contributed by atoms with Gasteiger partial charge in [-0.05, 0) is 26.0 Å². The minimum Gasteiger partial charge on any atom is -0.371 e. The molecule has 2 atom stereocenters. The molecule has 1 aliphatic heterocycles. The lowest BCUT2D eigenvalue weighted by molar-refractivity contribution is -0.00226. The molecule has 5 heteroatoms. The summed E-state index contributed by atoms with van der Waals surface area (Å²) in [4.78, 5) is 11.8. The van der Waals surface area contributed by atoms with Crippen molar-refractivity contribution in [3.05, 3.63) is 30.0 Å². The maximum atomic E-state index is 5.88. The van der Waals surface area contributed by atoms with E-state index in [2.05, 4.69) is 32.7 Å². The van der Waals surface area contributed by atoms with Crippen molar-refractivity contribution in [1.29, 1.82) is 0 Å². The highest BCUT2D eigenvalue weighted by atomic mass is 79.9. The molecule has 4 nitrogen and oxygen atoms in total. The van der Waals surface area contributed by atoms with E-state index in [0.29, 0.717) is 0 Å². The van der Waals surface area contributed by atoms with Gasteiger partial charge in [0.25, 0.3) is 0 Å². The smallest absolute Gasteiger partial charge is 0.150 e. The molecule has 1 aromatic carbocycles. The molecule has 0 spiro atoms. The van der Waals surface area contributed by atoms with Crippen LogP contribution in [0.15, 0.2) is 24.3 Å². The molecule has 0 aliphatic carbocycles. The van der Waals surface area contributed by atoms with Crippen molar-refractivity contribution in [2.24, 2.45) is 0 Å². The monoisotopic (exact) mass is 335 g/mol. The molecule has 1 aromatic heterocycles. The number of alkyl halides is 1. The normalized spacial score (nSPS) is 23.2. The van der Waals surface area contributed by atoms with E-state index in [0.717, 1.165) is 41.0 Å². The lowest BCUT2D eigenvalue weighted by Gasteiger charge is -2.37. The Bertz CT molecular complexity index is 619. The van der Waals surface area contributed by atoms with Crippen LogP contribution in [-0.2, 0) is 4.74 Å². The molecule has 3 rings (SSSR count). The topological polar surface area (TPSA) is 38.2 Å². The highest BCUT2D eigenvalue weighted by Crippen LogP contribution is 2.24. The number of ether oxygens (including phenoxy) is 1. The van der Waals surface area contributed by atoms with Crippen molar-refractivity contribution in [3.63, 3.8) is 0 Å². The summed E-state index contributed by atoms with van der Waals surface area (Å²) in [5.41, 5.74) is 2.88. The zero-order chi connectivity index (χ0) is 14.1. The van der Waals surface area contributed by atoms with Gasteiger partial charge in [-0.2, -0.15) is 0 Å². The first kappa shape index (κ1) is 13.8. The Morgan fingerprint density at radius 3 is 2.65 bits per heavy atom. The lowest BCUT2D eigenvalue weighted by atomic mass is 10.2. The summed E-state index contributed by atoms with van der Waals surface area (Å²) in [5.74, 6) is 0.977. The van der Waals surface area contributed by atoms with Crippen LogP contribution in [0.4, 0.5) is 5.82 Å². The van der Waals surface area contributed by atoms with Gasteiger partial charge in [0.05, 0.1) is 28.9 Å². The maximum absolute atomic E-state index is 5.88. The second-order valence-corrected chi connectivity index (χ2v) is 5.90. The quantitative estimate of drug-likeness (QED) is 0.791. The van der Waals surface area contributed by atoms with E-state index < -0.39 is 0 Å². The third kappa shape index (κ3) is 2.65. The number of aromatic nitrogens is 2. The number of anilines is 1. The molecule has 2 unspecified atom stereocenters. The average Bonchev–Trinajstić information content (AvgIpc) is 2.45. The van der Waals surface area contributed by atoms with Gasteiger partial charge in [0.1, 0.15) is 0 Å². The summed E-state index contributed by atoms with van der Waals surface area (Å²) in [6, 6.07) is 8.01. The Morgan fingerprint density at radius 1 is 1.25 bits per heavy atom. The third-order valence-electron chi connectivity index (χ3n) is 3.52. The van der Waals surface area contributed by atoms with Crippen LogP contribution in [0.25, 0.3) is 11.0 Å². The minimum absolute atomic E-state index is 0.200. The molecule has 2 aromatic rings. The second-order valence-electron chi connectivity index (χ2n) is 5.25. The fourth-order valence-corrected chi connectivity index (χ4v) is 3.04. The average molecular weight is 336 g/mol. The van der Waals surface area contributed by atoms with Gasteiger partial charge in [-0.3, -0.25) is 0 Å². The van der Waals surface area contributed by atoms with E-state index in [1.54, 1.807) is 0 Å². The Kier molecular flexibility index (Phi) is 3.89. The summed E-state index contributed by atoms with van der Waals surface area (Å²) >= 11 is 3.51. The van der Waals surface area contributed by atoms with Gasteiger partial charge in [-0.15, -0.1) is 0 Å². The third-order valence-corrected chi connectivity index (χ3v) is 4.24. The van der Waals surface area contributed by atoms with Gasteiger partial charge in [0, 0.05) is 18.4 Å². The van der Waals surface area contributed by atoms with Crippen LogP contribution >= 0.6 is 15.9 Å². The summed E-state index contributed by atoms with van der Waals surface area (Å²) in [5, 5.41) is 0.841. The van der Waals surface area contributed by atoms with Crippen LogP contribution in [0.3, 0.4) is 0 Å². The van der Waals surface area contributed by atoms with Gasteiger partial charge < -0.3 is 9.64 Å². The molecule has 20 heavy (non-hydrogen) atoms. The van der Waals surface area contributed by atoms with E-state index in [-0.39, 0.29) is 12.2 Å². The number of benzene rings is 1. The number of fused-ring (bicyclic) bond motifs is 1. The number of hydrogen-bond acceptors (Lipinski definition) is 4. The molecule has 0 radical (unpaired) electrons. The Balaban J connectivity index is 1.98. The van der Waals surface area contributed by atoms with Crippen molar-refractivity contribution in [2.45, 2.75) is 26.1 Å². The minimum atomic E-state index is 0.200. The zero-order valence-electron chi connectivity index (χ0n) is 11.7. The first-order valence-corrected chi connectivity index (χ1v) is 7.99. The number of morpholine rings is 1. The fourth-order valence-electron chi connectivity index (χ4n) is 2.68. The van der Waals surface area contributed by atoms with Crippen molar-refractivity contribution in [1.82, 2.24) is 9.97 Å². The summed E-state index contributed by atoms with van der Waals surface area (Å²) in [7, 11) is 0. The van der Waals surface area contributed by atoms with E-state index in [9.17, 15) is 0 Å². The Morgan fingerprint density at radius 2 is 1.95 bits per heavy atom. The van der Waals surface area contributed by atoms with E-state index in [1.807, 2.05) is 31.2 Å². The van der Waals surface area contributed by atoms with Gasteiger partial charge in [0.2, 0.25) is 0 Å². The molecule has 2 heterocycles. The predicted octanol–water partition coefficient (Wildman–Crippen LogP) is 2.93. The van der Waals surface area contributed by atoms with Crippen molar-refractivity contribution in [2.75, 3.05) is 23.3 Å². The molecular formula is C15H18BrN3O. The largest absolute Gasteiger partial charge is 0.371 e. The lowest BCUT2D eigenvalue weighted by Crippen LogP contribution is -2.48. The number of aryl methyl sites for hydroxylation is 1. The molecule has 0 saturated carbocycles. The summed E-state index contributed by atoms with van der Waals surface area (Å²) < 4.78 is 5.88. The zero-order valence-corrected chi connectivity index (χ0v) is 13.3. The first-order chi connectivity index (χ1) is 9.67. The van der Waals surface area contributed by atoms with Crippen LogP contribution in [0.1, 0.15) is 12.6 Å². The van der Waals surface area contributed by atoms with Gasteiger partial charge >= 0.3 is 0 Å². The van der Waals surface area contributed by atoms with Crippen molar-refractivity contribution >= 4 is 32.8 Å². The van der Waals surface area contributed by atoms with Crippen LogP contribution in [-0.4, -0.2) is 40.6 Å². The molecule has 1 aliphatic rings. The first-order valence-electron chi connectivity index (χ1n) is 6.87. The molecule has 1 saturated heterocycles. The van der Waals surface area contributed by atoms with E-state index in [4.69, 9.17) is 9.72 Å². The number of para-hydroxylation sites is 2. The van der Waals surface area contributed by atoms with Gasteiger partial charge in [0.15, 0.2) is 5.82 Å². The number of nitrogens with zero attached hydrogens (tertiary/aromatic N) is 3. The van der Waals surface area contributed by atoms with Crippen molar-refractivity contribution in [3.8, 4) is 0 Å². The highest BCUT2D eigenvalue weighted by Gasteiger charge is 2.26. The molecular weight excluding hydrogens is 318 g/mol. The molecule has 1 fully saturated rings. The number of halogens is 1. The fraction of sp³-hybridized carbons (Fsp3) is 0.467. The summed E-state index contributed by atoms with van der Waals surface area (Å²) in [6.45, 7) is 5.84. The van der Waals surface area contributed by atoms with Crippen LogP contribution < -0.4 is 4.90 Å². The number of rotatable bonds is 2. The highest BCUT2D eigenvalue weighted by molar-refractivity contribution is 9.09. The SMILES string of the molecule is Cc1nc2ccccc2nc1N1CC(C)OC(CBr)C1.